The summed E-state index contributed by atoms with van der Waals surface area (Å²) in [6.07, 6.45) is 3.31. The topological polar surface area (TPSA) is 151 Å². The molecule has 2 atom stereocenters. The van der Waals surface area contributed by atoms with Gasteiger partial charge in [-0.15, -0.1) is 0 Å². The number of nitrogens with two attached hydrogens (primary N) is 1. The molecule has 33 heavy (non-hydrogen) atoms. The number of benzene rings is 1. The minimum absolute atomic E-state index is 0.0269. The van der Waals surface area contributed by atoms with E-state index in [4.69, 9.17) is 5.73 Å². The van der Waals surface area contributed by atoms with Crippen LogP contribution >= 0.6 is 0 Å². The molecule has 1 aromatic heterocycles. The van der Waals surface area contributed by atoms with Crippen molar-refractivity contribution in [3.05, 3.63) is 59.9 Å². The highest BCUT2D eigenvalue weighted by atomic mass is 32.2. The van der Waals surface area contributed by atoms with Crippen molar-refractivity contribution in [1.29, 1.82) is 0 Å². The molecule has 2 aromatic rings. The molecule has 1 aromatic carbocycles. The number of rotatable bonds is 7. The van der Waals surface area contributed by atoms with Crippen molar-refractivity contribution in [3.8, 4) is 5.75 Å². The Labute approximate surface area is 191 Å². The first-order valence-electron chi connectivity index (χ1n) is 10.5. The van der Waals surface area contributed by atoms with Crippen molar-refractivity contribution in [1.82, 2.24) is 14.2 Å². The lowest BCUT2D eigenvalue weighted by molar-refractivity contribution is -0.149. The second kappa shape index (κ2) is 8.56. The van der Waals surface area contributed by atoms with Crippen LogP contribution in [0, 0.1) is 0 Å². The highest BCUT2D eigenvalue weighted by molar-refractivity contribution is 7.88. The van der Waals surface area contributed by atoms with E-state index in [1.54, 1.807) is 24.3 Å². The molecule has 2 aliphatic heterocycles. The molecule has 0 spiro atoms. The normalized spacial score (nSPS) is 23.0. The summed E-state index contributed by atoms with van der Waals surface area (Å²) in [4.78, 5) is 43.9. The zero-order valence-electron chi connectivity index (χ0n) is 17.8. The van der Waals surface area contributed by atoms with Gasteiger partial charge in [0.2, 0.25) is 15.9 Å². The van der Waals surface area contributed by atoms with Gasteiger partial charge in [0.25, 0.3) is 5.91 Å². The SMILES string of the molecule is NC(=O)C12C(=O)CN(S(=O)(=O)Cc3cccnc3)C1CCN2C(=O)CCc1cccc(O)c1. The van der Waals surface area contributed by atoms with E-state index in [9.17, 15) is 27.9 Å². The second-order valence-corrected chi connectivity index (χ2v) is 10.2. The number of carbonyl (C=O) groups is 3. The Morgan fingerprint density at radius 2 is 1.97 bits per heavy atom. The van der Waals surface area contributed by atoms with E-state index in [0.717, 1.165) is 9.21 Å². The van der Waals surface area contributed by atoms with Crippen molar-refractivity contribution in [2.75, 3.05) is 13.1 Å². The molecule has 2 unspecified atom stereocenters. The minimum Gasteiger partial charge on any atom is -0.508 e. The van der Waals surface area contributed by atoms with Gasteiger partial charge in [0, 0.05) is 25.4 Å². The summed E-state index contributed by atoms with van der Waals surface area (Å²) >= 11 is 0. The molecule has 2 saturated heterocycles. The summed E-state index contributed by atoms with van der Waals surface area (Å²) in [5.74, 6) is -2.52. The Morgan fingerprint density at radius 3 is 2.64 bits per heavy atom. The van der Waals surface area contributed by atoms with Gasteiger partial charge in [-0.25, -0.2) is 8.42 Å². The molecule has 2 fully saturated rings. The van der Waals surface area contributed by atoms with E-state index in [1.165, 1.54) is 24.5 Å². The Hall–Kier alpha value is -3.31. The first-order valence-corrected chi connectivity index (χ1v) is 12.1. The van der Waals surface area contributed by atoms with Gasteiger partial charge in [-0.1, -0.05) is 18.2 Å². The predicted molar refractivity (Wildman–Crippen MR) is 117 cm³/mol. The lowest BCUT2D eigenvalue weighted by Crippen LogP contribution is -2.64. The van der Waals surface area contributed by atoms with Gasteiger partial charge in [0.15, 0.2) is 11.3 Å². The van der Waals surface area contributed by atoms with Gasteiger partial charge in [-0.05, 0) is 42.2 Å². The summed E-state index contributed by atoms with van der Waals surface area (Å²) in [6.45, 7) is -0.482. The van der Waals surface area contributed by atoms with Crippen molar-refractivity contribution < 1.29 is 27.9 Å². The first-order chi connectivity index (χ1) is 15.7. The molecule has 3 heterocycles. The third-order valence-corrected chi connectivity index (χ3v) is 8.05. The van der Waals surface area contributed by atoms with Crippen LogP contribution in [0.3, 0.4) is 0 Å². The number of aryl methyl sites for hydroxylation is 1. The number of hydrogen-bond donors (Lipinski definition) is 2. The number of carbonyl (C=O) groups excluding carboxylic acids is 3. The number of pyridine rings is 1. The fraction of sp³-hybridized carbons (Fsp3) is 0.364. The number of aromatic hydroxyl groups is 1. The van der Waals surface area contributed by atoms with E-state index in [1.807, 2.05) is 0 Å². The van der Waals surface area contributed by atoms with Crippen LogP contribution in [0.1, 0.15) is 24.0 Å². The maximum atomic E-state index is 13.1. The Morgan fingerprint density at radius 1 is 1.21 bits per heavy atom. The second-order valence-electron chi connectivity index (χ2n) is 8.24. The highest BCUT2D eigenvalue weighted by Crippen LogP contribution is 2.41. The number of Topliss-reactive ketones (excluding diaryl/α,β-unsaturated/α-hetero) is 1. The van der Waals surface area contributed by atoms with Gasteiger partial charge in [0.1, 0.15) is 5.75 Å². The number of primary amides is 1. The van der Waals surface area contributed by atoms with Crippen LogP contribution in [-0.2, 0) is 36.6 Å². The lowest BCUT2D eigenvalue weighted by atomic mass is 9.89. The minimum atomic E-state index is -3.98. The van der Waals surface area contributed by atoms with Gasteiger partial charge >= 0.3 is 0 Å². The van der Waals surface area contributed by atoms with Gasteiger partial charge < -0.3 is 15.7 Å². The average Bonchev–Trinajstić information content (AvgIpc) is 3.30. The number of phenolic OH excluding ortho intramolecular Hbond substituents is 1. The molecule has 174 valence electrons. The fourth-order valence-electron chi connectivity index (χ4n) is 4.80. The van der Waals surface area contributed by atoms with E-state index in [-0.39, 0.29) is 37.3 Å². The van der Waals surface area contributed by atoms with E-state index >= 15 is 0 Å². The third-order valence-electron chi connectivity index (χ3n) is 6.25. The molecule has 2 aliphatic rings. The first kappa shape index (κ1) is 22.9. The van der Waals surface area contributed by atoms with E-state index in [0.29, 0.717) is 11.1 Å². The number of ketones is 1. The molecule has 2 amide bonds. The number of likely N-dealkylation sites (tertiary alicyclic amines) is 1. The zero-order chi connectivity index (χ0) is 23.8. The Bertz CT molecular complexity index is 1200. The number of hydrogen-bond acceptors (Lipinski definition) is 7. The summed E-state index contributed by atoms with van der Waals surface area (Å²) in [5, 5.41) is 9.61. The van der Waals surface area contributed by atoms with Gasteiger partial charge in [-0.3, -0.25) is 19.4 Å². The van der Waals surface area contributed by atoms with Crippen LogP contribution in [0.4, 0.5) is 0 Å². The Kier molecular flexibility index (Phi) is 5.93. The zero-order valence-corrected chi connectivity index (χ0v) is 18.6. The summed E-state index contributed by atoms with van der Waals surface area (Å²) in [5.41, 5.74) is 4.80. The maximum Gasteiger partial charge on any atom is 0.252 e. The van der Waals surface area contributed by atoms with Crippen molar-refractivity contribution in [2.24, 2.45) is 5.73 Å². The maximum absolute atomic E-state index is 13.1. The van der Waals surface area contributed by atoms with Crippen molar-refractivity contribution in [3.63, 3.8) is 0 Å². The number of nitrogens with zero attached hydrogens (tertiary/aromatic N) is 3. The molecular weight excluding hydrogens is 448 g/mol. The third kappa shape index (κ3) is 3.98. The van der Waals surface area contributed by atoms with Gasteiger partial charge in [-0.2, -0.15) is 4.31 Å². The number of aromatic nitrogens is 1. The number of fused-ring (bicyclic) bond motifs is 1. The van der Waals surface area contributed by atoms with Crippen LogP contribution in [0.15, 0.2) is 48.8 Å². The van der Waals surface area contributed by atoms with E-state index in [2.05, 4.69) is 4.98 Å². The van der Waals surface area contributed by atoms with Crippen LogP contribution in [0.25, 0.3) is 0 Å². The fourth-order valence-corrected chi connectivity index (χ4v) is 6.52. The smallest absolute Gasteiger partial charge is 0.252 e. The number of phenols is 1. The molecule has 0 bridgehead atoms. The molecule has 0 saturated carbocycles. The Balaban J connectivity index is 1.58. The largest absolute Gasteiger partial charge is 0.508 e. The molecule has 0 aliphatic carbocycles. The standard InChI is InChI=1S/C22H24N4O6S/c23-21(30)22-18(8-10-25(22)20(29)7-6-15-3-1-5-17(27)11-15)26(13-19(22)28)33(31,32)14-16-4-2-9-24-12-16/h1-5,9,11-12,18,27H,6-8,10,13-14H2,(H2,23,30). The molecular formula is C22H24N4O6S. The lowest BCUT2D eigenvalue weighted by Gasteiger charge is -2.34. The quantitative estimate of drug-likeness (QED) is 0.537. The molecule has 4 rings (SSSR count). The monoisotopic (exact) mass is 472 g/mol. The summed E-state index contributed by atoms with van der Waals surface area (Å²) in [6, 6.07) is 8.60. The van der Waals surface area contributed by atoms with Crippen molar-refractivity contribution >= 4 is 27.6 Å². The summed E-state index contributed by atoms with van der Waals surface area (Å²) in [7, 11) is -3.98. The number of sulfonamides is 1. The molecule has 0 radical (unpaired) electrons. The van der Waals surface area contributed by atoms with Crippen LogP contribution in [-0.4, -0.2) is 70.0 Å². The highest BCUT2D eigenvalue weighted by Gasteiger charge is 2.68. The molecule has 3 N–H and O–H groups in total. The van der Waals surface area contributed by atoms with Crippen LogP contribution in [0.5, 0.6) is 5.75 Å². The van der Waals surface area contributed by atoms with Crippen molar-refractivity contribution in [2.45, 2.75) is 36.6 Å². The predicted octanol–water partition coefficient (Wildman–Crippen LogP) is -0.0405. The van der Waals surface area contributed by atoms with E-state index < -0.39 is 45.7 Å². The number of amides is 2. The van der Waals surface area contributed by atoms with Crippen LogP contribution in [0.2, 0.25) is 0 Å². The summed E-state index contributed by atoms with van der Waals surface area (Å²) < 4.78 is 27.3. The van der Waals surface area contributed by atoms with Crippen LogP contribution < -0.4 is 5.73 Å². The van der Waals surface area contributed by atoms with Gasteiger partial charge in [0.05, 0.1) is 18.3 Å². The molecule has 11 heteroatoms. The molecule has 10 nitrogen and oxygen atoms in total. The average molecular weight is 473 g/mol.